The minimum Gasteiger partial charge on any atom is -0.329 e. The topological polar surface area (TPSA) is 46.3 Å². The van der Waals surface area contributed by atoms with Gasteiger partial charge in [-0.25, -0.2) is 0 Å². The van der Waals surface area contributed by atoms with Crippen LogP contribution in [0.2, 0.25) is 0 Å². The maximum Gasteiger partial charge on any atom is 0.133 e. The summed E-state index contributed by atoms with van der Waals surface area (Å²) in [7, 11) is 4.01. The molecule has 0 aromatic heterocycles. The van der Waals surface area contributed by atoms with Gasteiger partial charge in [0.2, 0.25) is 0 Å². The Morgan fingerprint density at radius 2 is 2.00 bits per heavy atom. The van der Waals surface area contributed by atoms with Gasteiger partial charge in [0.25, 0.3) is 0 Å². The van der Waals surface area contributed by atoms with Crippen molar-refractivity contribution in [1.82, 2.24) is 4.90 Å². The number of likely N-dealkylation sites (N-methyl/N-ethyl adjacent to an activating group) is 1. The lowest BCUT2D eigenvalue weighted by atomic mass is 9.77. The predicted molar refractivity (Wildman–Crippen MR) is 64.9 cm³/mol. The summed E-state index contributed by atoms with van der Waals surface area (Å²) in [5.74, 6) is 0.450. The highest BCUT2D eigenvalue weighted by Crippen LogP contribution is 2.32. The average Bonchev–Trinajstić information content (AvgIpc) is 2.01. The van der Waals surface area contributed by atoms with Crippen molar-refractivity contribution in [3.8, 4) is 0 Å². The third-order valence-corrected chi connectivity index (χ3v) is 2.56. The summed E-state index contributed by atoms with van der Waals surface area (Å²) in [6.07, 6.45) is 3.95. The first-order chi connectivity index (χ1) is 6.87. The Morgan fingerprint density at radius 1 is 1.40 bits per heavy atom. The fourth-order valence-electron chi connectivity index (χ4n) is 1.73. The summed E-state index contributed by atoms with van der Waals surface area (Å²) in [4.78, 5) is 12.9. The highest BCUT2D eigenvalue weighted by molar-refractivity contribution is 5.79. The molecule has 1 aliphatic rings. The van der Waals surface area contributed by atoms with Gasteiger partial charge in [0.15, 0.2) is 0 Å². The first-order valence-corrected chi connectivity index (χ1v) is 5.74. The molecule has 0 aromatic carbocycles. The molecule has 3 nitrogen and oxygen atoms in total. The molecule has 2 N–H and O–H groups in total. The van der Waals surface area contributed by atoms with Crippen molar-refractivity contribution in [2.75, 3.05) is 27.2 Å². The molecule has 3 heteroatoms. The summed E-state index contributed by atoms with van der Waals surface area (Å²) in [6.45, 7) is 6.08. The molecule has 0 spiro atoms. The van der Waals surface area contributed by atoms with Crippen LogP contribution < -0.4 is 5.73 Å². The molecule has 0 aliphatic heterocycles. The first kappa shape index (κ1) is 14.6. The lowest BCUT2D eigenvalue weighted by Crippen LogP contribution is -2.21. The normalized spacial score (nSPS) is 19.7. The molecule has 0 radical (unpaired) electrons. The molecule has 1 fully saturated rings. The number of ketones is 1. The van der Waals surface area contributed by atoms with Crippen molar-refractivity contribution in [2.24, 2.45) is 11.1 Å². The molecule has 15 heavy (non-hydrogen) atoms. The Hall–Kier alpha value is -0.410. The van der Waals surface area contributed by atoms with E-state index in [0.29, 0.717) is 11.2 Å². The maximum atomic E-state index is 10.9. The highest BCUT2D eigenvalue weighted by Gasteiger charge is 2.25. The van der Waals surface area contributed by atoms with Crippen molar-refractivity contribution >= 4 is 5.78 Å². The van der Waals surface area contributed by atoms with Crippen LogP contribution in [0.25, 0.3) is 0 Å². The van der Waals surface area contributed by atoms with E-state index in [-0.39, 0.29) is 0 Å². The zero-order chi connectivity index (χ0) is 11.9. The number of hydrogen-bond acceptors (Lipinski definition) is 3. The lowest BCUT2D eigenvalue weighted by Gasteiger charge is -2.27. The lowest BCUT2D eigenvalue weighted by molar-refractivity contribution is -0.122. The third kappa shape index (κ3) is 8.58. The fraction of sp³-hybridized carbons (Fsp3) is 0.917. The molecule has 0 aromatic rings. The van der Waals surface area contributed by atoms with E-state index >= 15 is 0 Å². The van der Waals surface area contributed by atoms with Gasteiger partial charge in [0, 0.05) is 25.9 Å². The molecule has 0 atom stereocenters. The number of carbonyl (C=O) groups is 1. The molecule has 0 unspecified atom stereocenters. The Kier molecular flexibility index (Phi) is 6.77. The zero-order valence-corrected chi connectivity index (χ0v) is 10.7. The van der Waals surface area contributed by atoms with Crippen molar-refractivity contribution in [2.45, 2.75) is 39.5 Å². The number of nitrogens with two attached hydrogens (primary N) is 1. The van der Waals surface area contributed by atoms with E-state index in [2.05, 4.69) is 18.7 Å². The van der Waals surface area contributed by atoms with Crippen molar-refractivity contribution in [1.29, 1.82) is 0 Å². The Morgan fingerprint density at radius 3 is 2.20 bits per heavy atom. The van der Waals surface area contributed by atoms with Crippen LogP contribution >= 0.6 is 0 Å². The second kappa shape index (κ2) is 6.96. The molecule has 1 saturated carbocycles. The largest absolute Gasteiger partial charge is 0.329 e. The number of rotatable bonds is 2. The Labute approximate surface area is 94.0 Å². The zero-order valence-electron chi connectivity index (χ0n) is 10.7. The van der Waals surface area contributed by atoms with Crippen LogP contribution in [0.4, 0.5) is 0 Å². The van der Waals surface area contributed by atoms with E-state index < -0.39 is 0 Å². The van der Waals surface area contributed by atoms with E-state index in [9.17, 15) is 4.79 Å². The number of nitrogens with zero attached hydrogens (tertiary/aromatic N) is 1. The van der Waals surface area contributed by atoms with Crippen molar-refractivity contribution in [3.05, 3.63) is 0 Å². The predicted octanol–water partition coefficient (Wildman–Crippen LogP) is 1.66. The Bertz CT molecular complexity index is 188. The summed E-state index contributed by atoms with van der Waals surface area (Å²) < 4.78 is 0. The summed E-state index contributed by atoms with van der Waals surface area (Å²) in [5.41, 5.74) is 5.49. The minimum atomic E-state index is 0.301. The van der Waals surface area contributed by atoms with Gasteiger partial charge in [-0.1, -0.05) is 13.8 Å². The third-order valence-electron chi connectivity index (χ3n) is 2.56. The summed E-state index contributed by atoms with van der Waals surface area (Å²) in [5, 5.41) is 0. The van der Waals surface area contributed by atoms with Gasteiger partial charge in [-0.3, -0.25) is 4.79 Å². The molecule has 0 heterocycles. The molecule has 0 amide bonds. The van der Waals surface area contributed by atoms with E-state index in [1.807, 2.05) is 14.1 Å². The highest BCUT2D eigenvalue weighted by atomic mass is 16.1. The van der Waals surface area contributed by atoms with Gasteiger partial charge in [-0.05, 0) is 32.4 Å². The minimum absolute atomic E-state index is 0.301. The van der Waals surface area contributed by atoms with Crippen LogP contribution in [0.15, 0.2) is 0 Å². The smallest absolute Gasteiger partial charge is 0.133 e. The molecule has 1 rings (SSSR count). The van der Waals surface area contributed by atoms with Crippen LogP contribution in [0.5, 0.6) is 0 Å². The van der Waals surface area contributed by atoms with Crippen LogP contribution in [0.1, 0.15) is 39.5 Å². The van der Waals surface area contributed by atoms with Gasteiger partial charge in [0.05, 0.1) is 0 Å². The van der Waals surface area contributed by atoms with Gasteiger partial charge in [0.1, 0.15) is 5.78 Å². The quantitative estimate of drug-likeness (QED) is 0.760. The standard InChI is InChI=1S/C8H14O.C4H12N2/c1-8(2)5-3-4-7(9)6-8;1-6(2)4-3-5/h3-6H2,1-2H3;3-5H2,1-2H3. The second-order valence-electron chi connectivity index (χ2n) is 5.33. The van der Waals surface area contributed by atoms with E-state index in [1.165, 1.54) is 6.42 Å². The SMILES string of the molecule is CC1(C)CCCC(=O)C1.CN(C)CCN. The van der Waals surface area contributed by atoms with Crippen LogP contribution in [-0.2, 0) is 4.79 Å². The molecular formula is C12H26N2O. The van der Waals surface area contributed by atoms with Gasteiger partial charge >= 0.3 is 0 Å². The van der Waals surface area contributed by atoms with Crippen LogP contribution in [0.3, 0.4) is 0 Å². The molecular weight excluding hydrogens is 188 g/mol. The van der Waals surface area contributed by atoms with Crippen molar-refractivity contribution < 1.29 is 4.79 Å². The maximum absolute atomic E-state index is 10.9. The van der Waals surface area contributed by atoms with Gasteiger partial charge in [-0.15, -0.1) is 0 Å². The number of carbonyl (C=O) groups excluding carboxylic acids is 1. The number of Topliss-reactive ketones (excluding diaryl/α,β-unsaturated/α-hetero) is 1. The summed E-state index contributed by atoms with van der Waals surface area (Å²) >= 11 is 0. The first-order valence-electron chi connectivity index (χ1n) is 5.74. The number of hydrogen-bond donors (Lipinski definition) is 1. The van der Waals surface area contributed by atoms with Gasteiger partial charge < -0.3 is 10.6 Å². The molecule has 0 saturated heterocycles. The van der Waals surface area contributed by atoms with Gasteiger partial charge in [-0.2, -0.15) is 0 Å². The fourth-order valence-corrected chi connectivity index (χ4v) is 1.73. The van der Waals surface area contributed by atoms with Crippen molar-refractivity contribution in [3.63, 3.8) is 0 Å². The van der Waals surface area contributed by atoms with Crippen LogP contribution in [-0.4, -0.2) is 37.9 Å². The monoisotopic (exact) mass is 214 g/mol. The summed E-state index contributed by atoms with van der Waals surface area (Å²) in [6, 6.07) is 0. The second-order valence-corrected chi connectivity index (χ2v) is 5.33. The molecule has 90 valence electrons. The van der Waals surface area contributed by atoms with E-state index in [4.69, 9.17) is 5.73 Å². The van der Waals surface area contributed by atoms with E-state index in [0.717, 1.165) is 32.4 Å². The average molecular weight is 214 g/mol. The van der Waals surface area contributed by atoms with Crippen LogP contribution in [0, 0.1) is 5.41 Å². The van der Waals surface area contributed by atoms with E-state index in [1.54, 1.807) is 0 Å². The molecule has 0 bridgehead atoms. The Balaban J connectivity index is 0.000000288. The molecule has 1 aliphatic carbocycles.